The van der Waals surface area contributed by atoms with Gasteiger partial charge in [0.15, 0.2) is 5.65 Å². The second-order valence-electron chi connectivity index (χ2n) is 5.61. The topological polar surface area (TPSA) is 78.6 Å². The molecule has 7 nitrogen and oxygen atoms in total. The number of aromatic nitrogens is 4. The number of aryl methyl sites for hydroxylation is 1. The zero-order valence-electron chi connectivity index (χ0n) is 13.1. The van der Waals surface area contributed by atoms with Crippen molar-refractivity contribution < 1.29 is 14.3 Å². The van der Waals surface area contributed by atoms with E-state index in [-0.39, 0.29) is 12.7 Å². The standard InChI is InChI=1S/C16H16N4O3S/c1-10-12(7-17-14-4-5-18-20(10)14)16(21)23-8-11-9-24-15(19-11)13-3-2-6-22-13/h4-5,7,9,13H,2-3,6,8H2,1H3. The van der Waals surface area contributed by atoms with Crippen LogP contribution in [-0.4, -0.2) is 32.2 Å². The molecule has 0 bridgehead atoms. The van der Waals surface area contributed by atoms with Crippen LogP contribution in [0.5, 0.6) is 0 Å². The lowest BCUT2D eigenvalue weighted by Crippen LogP contribution is -2.11. The highest BCUT2D eigenvalue weighted by Gasteiger charge is 2.21. The third kappa shape index (κ3) is 2.78. The lowest BCUT2D eigenvalue weighted by molar-refractivity contribution is 0.0465. The van der Waals surface area contributed by atoms with Crippen LogP contribution in [0.1, 0.15) is 45.7 Å². The van der Waals surface area contributed by atoms with Crippen LogP contribution >= 0.6 is 11.3 Å². The van der Waals surface area contributed by atoms with Crippen molar-refractivity contribution in [3.05, 3.63) is 45.8 Å². The van der Waals surface area contributed by atoms with Crippen LogP contribution in [0, 0.1) is 6.92 Å². The van der Waals surface area contributed by atoms with Crippen LogP contribution in [0.2, 0.25) is 0 Å². The molecule has 0 radical (unpaired) electrons. The maximum absolute atomic E-state index is 12.3. The minimum absolute atomic E-state index is 0.0909. The molecule has 8 heteroatoms. The summed E-state index contributed by atoms with van der Waals surface area (Å²) in [6.07, 6.45) is 5.33. The monoisotopic (exact) mass is 344 g/mol. The summed E-state index contributed by atoms with van der Waals surface area (Å²) < 4.78 is 12.6. The molecule has 0 saturated carbocycles. The summed E-state index contributed by atoms with van der Waals surface area (Å²) in [6.45, 7) is 2.74. The van der Waals surface area contributed by atoms with Crippen molar-refractivity contribution in [3.8, 4) is 0 Å². The van der Waals surface area contributed by atoms with E-state index >= 15 is 0 Å². The smallest absolute Gasteiger partial charge is 0.341 e. The molecule has 3 aromatic rings. The van der Waals surface area contributed by atoms with Gasteiger partial charge in [0.1, 0.15) is 17.7 Å². The molecule has 4 rings (SSSR count). The molecule has 1 atom stereocenters. The molecule has 3 aromatic heterocycles. The van der Waals surface area contributed by atoms with Crippen LogP contribution < -0.4 is 0 Å². The third-order valence-corrected chi connectivity index (χ3v) is 4.99. The normalized spacial score (nSPS) is 17.5. The van der Waals surface area contributed by atoms with E-state index in [0.717, 1.165) is 30.2 Å². The molecule has 0 amide bonds. The number of ether oxygens (including phenoxy) is 2. The second-order valence-corrected chi connectivity index (χ2v) is 6.50. The number of rotatable bonds is 4. The Balaban J connectivity index is 1.45. The van der Waals surface area contributed by atoms with Crippen LogP contribution in [0.4, 0.5) is 0 Å². The Kier molecular flexibility index (Phi) is 3.99. The number of thiazole rings is 1. The van der Waals surface area contributed by atoms with Crippen LogP contribution in [0.3, 0.4) is 0 Å². The summed E-state index contributed by atoms with van der Waals surface area (Å²) in [6, 6.07) is 1.78. The molecule has 0 aromatic carbocycles. The Morgan fingerprint density at radius 1 is 1.54 bits per heavy atom. The van der Waals surface area contributed by atoms with Gasteiger partial charge in [-0.15, -0.1) is 11.3 Å². The highest BCUT2D eigenvalue weighted by atomic mass is 32.1. The average Bonchev–Trinajstić information content (AvgIpc) is 3.32. The van der Waals surface area contributed by atoms with E-state index in [0.29, 0.717) is 16.9 Å². The van der Waals surface area contributed by atoms with E-state index in [4.69, 9.17) is 9.47 Å². The zero-order chi connectivity index (χ0) is 16.5. The highest BCUT2D eigenvalue weighted by Crippen LogP contribution is 2.30. The number of nitrogens with zero attached hydrogens (tertiary/aromatic N) is 4. The van der Waals surface area contributed by atoms with Gasteiger partial charge in [0.2, 0.25) is 0 Å². The molecule has 1 unspecified atom stereocenters. The summed E-state index contributed by atoms with van der Waals surface area (Å²) in [5, 5.41) is 7.01. The molecular formula is C16H16N4O3S. The maximum Gasteiger partial charge on any atom is 0.341 e. The zero-order valence-corrected chi connectivity index (χ0v) is 14.0. The molecule has 0 spiro atoms. The van der Waals surface area contributed by atoms with Crippen molar-refractivity contribution in [2.75, 3.05) is 6.61 Å². The Morgan fingerprint density at radius 2 is 2.46 bits per heavy atom. The number of hydrogen-bond donors (Lipinski definition) is 0. The maximum atomic E-state index is 12.3. The van der Waals surface area contributed by atoms with Crippen LogP contribution in [0.15, 0.2) is 23.8 Å². The first-order chi connectivity index (χ1) is 11.7. The van der Waals surface area contributed by atoms with Gasteiger partial charge in [-0.3, -0.25) is 0 Å². The molecule has 1 aliphatic heterocycles. The first-order valence-electron chi connectivity index (χ1n) is 7.75. The fourth-order valence-corrected chi connectivity index (χ4v) is 3.60. The number of fused-ring (bicyclic) bond motifs is 1. The van der Waals surface area contributed by atoms with Gasteiger partial charge in [-0.2, -0.15) is 5.10 Å². The quantitative estimate of drug-likeness (QED) is 0.677. The Labute approximate surface area is 142 Å². The van der Waals surface area contributed by atoms with E-state index in [9.17, 15) is 4.79 Å². The van der Waals surface area contributed by atoms with Gasteiger partial charge in [0.25, 0.3) is 0 Å². The fraction of sp³-hybridized carbons (Fsp3) is 0.375. The summed E-state index contributed by atoms with van der Waals surface area (Å²) in [5.41, 5.74) is 2.54. The minimum Gasteiger partial charge on any atom is -0.455 e. The number of esters is 1. The van der Waals surface area contributed by atoms with Crippen LogP contribution in [-0.2, 0) is 16.1 Å². The lowest BCUT2D eigenvalue weighted by Gasteiger charge is -2.07. The van der Waals surface area contributed by atoms with Gasteiger partial charge in [-0.1, -0.05) is 0 Å². The largest absolute Gasteiger partial charge is 0.455 e. The molecule has 1 saturated heterocycles. The number of carbonyl (C=O) groups is 1. The number of carbonyl (C=O) groups excluding carboxylic acids is 1. The van der Waals surface area contributed by atoms with E-state index in [2.05, 4.69) is 15.1 Å². The molecule has 1 fully saturated rings. The Morgan fingerprint density at radius 3 is 3.29 bits per heavy atom. The minimum atomic E-state index is -0.427. The summed E-state index contributed by atoms with van der Waals surface area (Å²) >= 11 is 1.55. The lowest BCUT2D eigenvalue weighted by atomic mass is 10.2. The third-order valence-electron chi connectivity index (χ3n) is 4.00. The first kappa shape index (κ1) is 15.2. The molecule has 0 N–H and O–H groups in total. The van der Waals surface area contributed by atoms with Gasteiger partial charge in [0, 0.05) is 24.3 Å². The predicted molar refractivity (Wildman–Crippen MR) is 86.9 cm³/mol. The van der Waals surface area contributed by atoms with E-state index in [1.807, 2.05) is 12.3 Å². The molecule has 124 valence electrons. The highest BCUT2D eigenvalue weighted by molar-refractivity contribution is 7.09. The van der Waals surface area contributed by atoms with Crippen molar-refractivity contribution >= 4 is 23.0 Å². The van der Waals surface area contributed by atoms with Crippen LogP contribution in [0.25, 0.3) is 5.65 Å². The molecule has 4 heterocycles. The van der Waals surface area contributed by atoms with Crippen molar-refractivity contribution in [3.63, 3.8) is 0 Å². The first-order valence-corrected chi connectivity index (χ1v) is 8.63. The second kappa shape index (κ2) is 6.29. The van der Waals surface area contributed by atoms with Crippen molar-refractivity contribution in [1.82, 2.24) is 19.6 Å². The van der Waals surface area contributed by atoms with E-state index in [1.54, 1.807) is 28.1 Å². The summed E-state index contributed by atoms with van der Waals surface area (Å²) in [4.78, 5) is 21.0. The van der Waals surface area contributed by atoms with Crippen molar-refractivity contribution in [1.29, 1.82) is 0 Å². The molecule has 1 aliphatic rings. The van der Waals surface area contributed by atoms with Crippen molar-refractivity contribution in [2.24, 2.45) is 0 Å². The van der Waals surface area contributed by atoms with E-state index < -0.39 is 5.97 Å². The van der Waals surface area contributed by atoms with Gasteiger partial charge >= 0.3 is 5.97 Å². The Bertz CT molecular complexity index is 882. The fourth-order valence-electron chi connectivity index (χ4n) is 2.72. The van der Waals surface area contributed by atoms with E-state index in [1.165, 1.54) is 6.20 Å². The van der Waals surface area contributed by atoms with Gasteiger partial charge in [-0.05, 0) is 19.8 Å². The van der Waals surface area contributed by atoms with Gasteiger partial charge in [-0.25, -0.2) is 19.3 Å². The molecule has 24 heavy (non-hydrogen) atoms. The molecule has 0 aliphatic carbocycles. The molecular weight excluding hydrogens is 328 g/mol. The van der Waals surface area contributed by atoms with Crippen molar-refractivity contribution in [2.45, 2.75) is 32.5 Å². The van der Waals surface area contributed by atoms with Gasteiger partial charge < -0.3 is 9.47 Å². The van der Waals surface area contributed by atoms with Gasteiger partial charge in [0.05, 0.1) is 23.1 Å². The summed E-state index contributed by atoms with van der Waals surface area (Å²) in [5.74, 6) is -0.427. The average molecular weight is 344 g/mol. The summed E-state index contributed by atoms with van der Waals surface area (Å²) in [7, 11) is 0. The predicted octanol–water partition coefficient (Wildman–Crippen LogP) is 2.70. The number of hydrogen-bond acceptors (Lipinski definition) is 7. The SMILES string of the molecule is Cc1c(C(=O)OCc2csc(C3CCCO3)n2)cnc2ccnn12. The Hall–Kier alpha value is -2.32.